The number of nitrogens with zero attached hydrogens (tertiary/aromatic N) is 2. The SMILES string of the molecule is CCN(CC1CCCO1)C(=O)c1ccnc(NN)c1. The van der Waals surface area contributed by atoms with Gasteiger partial charge in [-0.2, -0.15) is 0 Å². The van der Waals surface area contributed by atoms with Crippen LogP contribution in [0.15, 0.2) is 18.3 Å². The summed E-state index contributed by atoms with van der Waals surface area (Å²) in [5, 5.41) is 0. The van der Waals surface area contributed by atoms with E-state index in [1.165, 1.54) is 0 Å². The number of nitrogen functional groups attached to an aromatic ring is 1. The predicted molar refractivity (Wildman–Crippen MR) is 72.6 cm³/mol. The highest BCUT2D eigenvalue weighted by molar-refractivity contribution is 5.94. The van der Waals surface area contributed by atoms with Crippen LogP contribution in [0.4, 0.5) is 5.82 Å². The van der Waals surface area contributed by atoms with Crippen LogP contribution in [0.1, 0.15) is 30.1 Å². The van der Waals surface area contributed by atoms with Gasteiger partial charge in [0.05, 0.1) is 6.10 Å². The largest absolute Gasteiger partial charge is 0.376 e. The lowest BCUT2D eigenvalue weighted by Crippen LogP contribution is -2.37. The number of hydrogen-bond acceptors (Lipinski definition) is 5. The van der Waals surface area contributed by atoms with Crippen molar-refractivity contribution in [1.82, 2.24) is 9.88 Å². The van der Waals surface area contributed by atoms with E-state index in [0.717, 1.165) is 19.4 Å². The van der Waals surface area contributed by atoms with Gasteiger partial charge in [0.1, 0.15) is 5.82 Å². The number of ether oxygens (including phenoxy) is 1. The molecule has 1 aliphatic heterocycles. The van der Waals surface area contributed by atoms with Crippen molar-refractivity contribution in [2.75, 3.05) is 25.1 Å². The summed E-state index contributed by atoms with van der Waals surface area (Å²) in [5.41, 5.74) is 3.03. The Morgan fingerprint density at radius 2 is 2.53 bits per heavy atom. The lowest BCUT2D eigenvalue weighted by molar-refractivity contribution is 0.0539. The number of likely N-dealkylation sites (N-methyl/N-ethyl adjacent to an activating group) is 1. The van der Waals surface area contributed by atoms with Crippen LogP contribution in [0.2, 0.25) is 0 Å². The molecule has 0 saturated carbocycles. The van der Waals surface area contributed by atoms with Crippen LogP contribution in [-0.2, 0) is 4.74 Å². The van der Waals surface area contributed by atoms with Gasteiger partial charge < -0.3 is 15.1 Å². The monoisotopic (exact) mass is 264 g/mol. The van der Waals surface area contributed by atoms with Gasteiger partial charge in [-0.1, -0.05) is 0 Å². The minimum atomic E-state index is -0.0168. The van der Waals surface area contributed by atoms with Gasteiger partial charge in [0.25, 0.3) is 5.91 Å². The zero-order chi connectivity index (χ0) is 13.7. The molecular weight excluding hydrogens is 244 g/mol. The molecular formula is C13H20N4O2. The Morgan fingerprint density at radius 3 is 3.16 bits per heavy atom. The van der Waals surface area contributed by atoms with Gasteiger partial charge in [-0.15, -0.1) is 0 Å². The molecule has 1 fully saturated rings. The Morgan fingerprint density at radius 1 is 1.68 bits per heavy atom. The molecule has 19 heavy (non-hydrogen) atoms. The number of amides is 1. The summed E-state index contributed by atoms with van der Waals surface area (Å²) in [6, 6.07) is 3.35. The molecule has 1 amide bonds. The first-order chi connectivity index (χ1) is 9.24. The Kier molecular flexibility index (Phi) is 4.70. The van der Waals surface area contributed by atoms with E-state index in [9.17, 15) is 4.79 Å². The molecule has 0 bridgehead atoms. The van der Waals surface area contributed by atoms with Crippen LogP contribution in [0.3, 0.4) is 0 Å². The van der Waals surface area contributed by atoms with Crippen LogP contribution < -0.4 is 11.3 Å². The van der Waals surface area contributed by atoms with Crippen molar-refractivity contribution >= 4 is 11.7 Å². The molecule has 3 N–H and O–H groups in total. The number of hydrazine groups is 1. The summed E-state index contributed by atoms with van der Waals surface area (Å²) in [6.45, 7) is 4.07. The molecule has 6 nitrogen and oxygen atoms in total. The summed E-state index contributed by atoms with van der Waals surface area (Å²) in [4.78, 5) is 18.2. The molecule has 104 valence electrons. The Balaban J connectivity index is 2.06. The number of anilines is 1. The molecule has 2 heterocycles. The quantitative estimate of drug-likeness (QED) is 0.613. The number of carbonyl (C=O) groups is 1. The second-order valence-electron chi connectivity index (χ2n) is 4.55. The Hall–Kier alpha value is -1.66. The van der Waals surface area contributed by atoms with E-state index >= 15 is 0 Å². The highest BCUT2D eigenvalue weighted by Gasteiger charge is 2.22. The summed E-state index contributed by atoms with van der Waals surface area (Å²) < 4.78 is 5.58. The van der Waals surface area contributed by atoms with Crippen molar-refractivity contribution in [3.63, 3.8) is 0 Å². The summed E-state index contributed by atoms with van der Waals surface area (Å²) in [7, 11) is 0. The van der Waals surface area contributed by atoms with Crippen LogP contribution in [0.25, 0.3) is 0 Å². The van der Waals surface area contributed by atoms with Gasteiger partial charge in [-0.05, 0) is 31.9 Å². The average Bonchev–Trinajstić information content (AvgIpc) is 2.97. The van der Waals surface area contributed by atoms with E-state index in [1.807, 2.05) is 6.92 Å². The smallest absolute Gasteiger partial charge is 0.254 e. The highest BCUT2D eigenvalue weighted by atomic mass is 16.5. The average molecular weight is 264 g/mol. The molecule has 0 aliphatic carbocycles. The third kappa shape index (κ3) is 3.42. The third-order valence-electron chi connectivity index (χ3n) is 3.27. The third-order valence-corrected chi connectivity index (χ3v) is 3.27. The van der Waals surface area contributed by atoms with Crippen molar-refractivity contribution < 1.29 is 9.53 Å². The fourth-order valence-corrected chi connectivity index (χ4v) is 2.21. The first-order valence-corrected chi connectivity index (χ1v) is 6.58. The molecule has 1 saturated heterocycles. The fourth-order valence-electron chi connectivity index (χ4n) is 2.21. The molecule has 2 rings (SSSR count). The van der Waals surface area contributed by atoms with Gasteiger partial charge in [0.2, 0.25) is 0 Å². The van der Waals surface area contributed by atoms with Crippen LogP contribution in [0.5, 0.6) is 0 Å². The number of pyridine rings is 1. The second kappa shape index (κ2) is 6.49. The molecule has 6 heteroatoms. The Labute approximate surface area is 112 Å². The van der Waals surface area contributed by atoms with Gasteiger partial charge in [-0.3, -0.25) is 4.79 Å². The minimum absolute atomic E-state index is 0.0168. The van der Waals surface area contributed by atoms with Crippen LogP contribution in [-0.4, -0.2) is 41.6 Å². The van der Waals surface area contributed by atoms with Crippen LogP contribution >= 0.6 is 0 Å². The number of hydrogen-bond donors (Lipinski definition) is 2. The predicted octanol–water partition coefficient (Wildman–Crippen LogP) is 1.01. The molecule has 0 spiro atoms. The Bertz CT molecular complexity index is 432. The van der Waals surface area contributed by atoms with E-state index in [0.29, 0.717) is 24.5 Å². The van der Waals surface area contributed by atoms with Crippen molar-refractivity contribution in [2.24, 2.45) is 5.84 Å². The van der Waals surface area contributed by atoms with Crippen molar-refractivity contribution in [2.45, 2.75) is 25.9 Å². The fraction of sp³-hybridized carbons (Fsp3) is 0.538. The second-order valence-corrected chi connectivity index (χ2v) is 4.55. The van der Waals surface area contributed by atoms with Crippen molar-refractivity contribution in [3.05, 3.63) is 23.9 Å². The van der Waals surface area contributed by atoms with Gasteiger partial charge >= 0.3 is 0 Å². The first-order valence-electron chi connectivity index (χ1n) is 6.58. The van der Waals surface area contributed by atoms with E-state index < -0.39 is 0 Å². The zero-order valence-electron chi connectivity index (χ0n) is 11.1. The number of nitrogens with two attached hydrogens (primary N) is 1. The normalized spacial score (nSPS) is 18.3. The molecule has 1 aromatic rings. The molecule has 0 aromatic carbocycles. The number of aromatic nitrogens is 1. The topological polar surface area (TPSA) is 80.5 Å². The molecule has 1 aliphatic rings. The maximum Gasteiger partial charge on any atom is 0.254 e. The van der Waals surface area contributed by atoms with Crippen LogP contribution in [0, 0.1) is 0 Å². The lowest BCUT2D eigenvalue weighted by Gasteiger charge is -2.24. The number of carbonyl (C=O) groups excluding carboxylic acids is 1. The number of nitrogens with one attached hydrogen (secondary N) is 1. The maximum atomic E-state index is 12.4. The van der Waals surface area contributed by atoms with Gasteiger partial charge in [-0.25, -0.2) is 10.8 Å². The first kappa shape index (κ1) is 13.8. The van der Waals surface area contributed by atoms with E-state index in [2.05, 4.69) is 10.4 Å². The standard InChI is InChI=1S/C13H20N4O2/c1-2-17(9-11-4-3-7-19-11)13(18)10-5-6-15-12(8-10)16-14/h5-6,8,11H,2-4,7,9,14H2,1H3,(H,15,16). The molecule has 1 aromatic heterocycles. The highest BCUT2D eigenvalue weighted by Crippen LogP contribution is 2.15. The van der Waals surface area contributed by atoms with E-state index in [1.54, 1.807) is 23.2 Å². The van der Waals surface area contributed by atoms with Gasteiger partial charge in [0.15, 0.2) is 0 Å². The van der Waals surface area contributed by atoms with Crippen molar-refractivity contribution in [1.29, 1.82) is 0 Å². The zero-order valence-corrected chi connectivity index (χ0v) is 11.1. The summed E-state index contributed by atoms with van der Waals surface area (Å²) in [5.74, 6) is 5.77. The van der Waals surface area contributed by atoms with Gasteiger partial charge in [0, 0.05) is 31.5 Å². The molecule has 1 atom stereocenters. The lowest BCUT2D eigenvalue weighted by atomic mass is 10.2. The molecule has 0 radical (unpaired) electrons. The summed E-state index contributed by atoms with van der Waals surface area (Å²) >= 11 is 0. The van der Waals surface area contributed by atoms with E-state index in [4.69, 9.17) is 10.6 Å². The molecule has 1 unspecified atom stereocenters. The number of rotatable bonds is 5. The maximum absolute atomic E-state index is 12.4. The van der Waals surface area contributed by atoms with Crippen molar-refractivity contribution in [3.8, 4) is 0 Å². The van der Waals surface area contributed by atoms with E-state index in [-0.39, 0.29) is 12.0 Å². The minimum Gasteiger partial charge on any atom is -0.376 e. The summed E-state index contributed by atoms with van der Waals surface area (Å²) in [6.07, 6.45) is 3.84.